The normalized spacial score (nSPS) is 11.7. The Balaban J connectivity index is 3.39. The second kappa shape index (κ2) is 10.5. The molecule has 0 fully saturated rings. The molecule has 0 heterocycles. The summed E-state index contributed by atoms with van der Waals surface area (Å²) in [5.41, 5.74) is 0. The molecule has 0 radical (unpaired) electrons. The monoisotopic (exact) mass is 434 g/mol. The van der Waals surface area contributed by atoms with Crippen molar-refractivity contribution in [3.8, 4) is 5.75 Å². The van der Waals surface area contributed by atoms with Crippen LogP contribution in [0.25, 0.3) is 0 Å². The number of rotatable bonds is 11. The van der Waals surface area contributed by atoms with E-state index in [9.17, 15) is 8.78 Å². The van der Waals surface area contributed by atoms with Gasteiger partial charge in [-0.2, -0.15) is 0 Å². The van der Waals surface area contributed by atoms with Crippen LogP contribution < -0.4 is 8.32 Å². The summed E-state index contributed by atoms with van der Waals surface area (Å²) in [6, 6.07) is 2.83. The molecule has 132 valence electrons. The van der Waals surface area contributed by atoms with Gasteiger partial charge in [0.25, 0.3) is 0 Å². The Hall–Kier alpha value is -0.321. The molecule has 0 spiro atoms. The Kier molecular flexibility index (Phi) is 9.48. The van der Waals surface area contributed by atoms with E-state index in [0.29, 0.717) is 3.58 Å². The van der Waals surface area contributed by atoms with Crippen molar-refractivity contribution in [1.82, 2.24) is 0 Å². The maximum absolute atomic E-state index is 15.0. The summed E-state index contributed by atoms with van der Waals surface area (Å²) >= 11 is -3.12. The zero-order valence-electron chi connectivity index (χ0n) is 15.2. The van der Waals surface area contributed by atoms with Gasteiger partial charge in [-0.25, -0.2) is 0 Å². The van der Waals surface area contributed by atoms with Crippen molar-refractivity contribution in [3.05, 3.63) is 23.8 Å². The fourth-order valence-electron chi connectivity index (χ4n) is 3.47. The first-order valence-corrected chi connectivity index (χ1v) is 16.6. The van der Waals surface area contributed by atoms with E-state index < -0.39 is 24.2 Å². The zero-order chi connectivity index (χ0) is 17.3. The number of halogens is 2. The Morgan fingerprint density at radius 2 is 1.35 bits per heavy atom. The third-order valence-corrected chi connectivity index (χ3v) is 20.4. The van der Waals surface area contributed by atoms with Crippen molar-refractivity contribution in [2.24, 2.45) is 0 Å². The number of benzene rings is 1. The van der Waals surface area contributed by atoms with Crippen molar-refractivity contribution in [3.63, 3.8) is 0 Å². The predicted octanol–water partition coefficient (Wildman–Crippen LogP) is 6.03. The molecule has 0 aliphatic carbocycles. The van der Waals surface area contributed by atoms with Gasteiger partial charge in [0.1, 0.15) is 0 Å². The summed E-state index contributed by atoms with van der Waals surface area (Å²) < 4.78 is 38.4. The molecule has 0 N–H and O–H groups in total. The van der Waals surface area contributed by atoms with Crippen LogP contribution in [0.5, 0.6) is 5.75 Å². The molecule has 0 amide bonds. The van der Waals surface area contributed by atoms with Crippen LogP contribution in [0.1, 0.15) is 59.3 Å². The van der Waals surface area contributed by atoms with Gasteiger partial charge >= 0.3 is 145 Å². The molecule has 0 atom stereocenters. The predicted molar refractivity (Wildman–Crippen MR) is 97.4 cm³/mol. The van der Waals surface area contributed by atoms with Gasteiger partial charge in [0.2, 0.25) is 0 Å². The van der Waals surface area contributed by atoms with Crippen LogP contribution in [-0.2, 0) is 0 Å². The van der Waals surface area contributed by atoms with E-state index in [0.717, 1.165) is 51.8 Å². The van der Waals surface area contributed by atoms with E-state index in [-0.39, 0.29) is 11.6 Å². The topological polar surface area (TPSA) is 9.23 Å². The van der Waals surface area contributed by atoms with Crippen molar-refractivity contribution in [1.29, 1.82) is 0 Å². The molecule has 0 unspecified atom stereocenters. The summed E-state index contributed by atoms with van der Waals surface area (Å²) in [6.07, 6.45) is 6.51. The van der Waals surface area contributed by atoms with Gasteiger partial charge in [0.05, 0.1) is 0 Å². The average molecular weight is 433 g/mol. The summed E-state index contributed by atoms with van der Waals surface area (Å²) in [6.45, 7) is 6.48. The van der Waals surface area contributed by atoms with Gasteiger partial charge in [0.15, 0.2) is 0 Å². The summed E-state index contributed by atoms with van der Waals surface area (Å²) in [5, 5.41) is 0. The summed E-state index contributed by atoms with van der Waals surface area (Å²) in [5.74, 6) is -0.541. The number of hydrogen-bond donors (Lipinski definition) is 0. The van der Waals surface area contributed by atoms with Crippen LogP contribution in [0, 0.1) is 11.6 Å². The quantitative estimate of drug-likeness (QED) is 0.388. The fourth-order valence-corrected chi connectivity index (χ4v) is 19.9. The molecule has 1 nitrogen and oxygen atoms in total. The average Bonchev–Trinajstić information content (AvgIpc) is 2.56. The summed E-state index contributed by atoms with van der Waals surface area (Å²) in [7, 11) is 1.46. The Bertz CT molecular complexity index is 455. The third kappa shape index (κ3) is 5.33. The fraction of sp³-hybridized carbons (Fsp3) is 0.684. The van der Waals surface area contributed by atoms with Crippen LogP contribution in [0.4, 0.5) is 8.78 Å². The molecule has 0 saturated carbocycles. The second-order valence-corrected chi connectivity index (χ2v) is 19.5. The summed E-state index contributed by atoms with van der Waals surface area (Å²) in [4.78, 5) is 0. The van der Waals surface area contributed by atoms with Crippen molar-refractivity contribution < 1.29 is 13.5 Å². The van der Waals surface area contributed by atoms with E-state index in [2.05, 4.69) is 20.8 Å². The van der Waals surface area contributed by atoms with Crippen molar-refractivity contribution in [2.45, 2.75) is 72.6 Å². The van der Waals surface area contributed by atoms with Crippen LogP contribution >= 0.6 is 0 Å². The van der Waals surface area contributed by atoms with E-state index in [4.69, 9.17) is 4.74 Å². The molecule has 23 heavy (non-hydrogen) atoms. The zero-order valence-corrected chi connectivity index (χ0v) is 18.0. The maximum atomic E-state index is 15.0. The molecule has 4 heteroatoms. The minimum absolute atomic E-state index is 0.201. The molecule has 1 aromatic rings. The Labute approximate surface area is 144 Å². The molecule has 0 aliphatic rings. The molecule has 1 rings (SSSR count). The van der Waals surface area contributed by atoms with Gasteiger partial charge in [-0.1, -0.05) is 0 Å². The van der Waals surface area contributed by atoms with E-state index in [1.54, 1.807) is 0 Å². The van der Waals surface area contributed by atoms with Crippen molar-refractivity contribution in [2.75, 3.05) is 7.11 Å². The van der Waals surface area contributed by atoms with Gasteiger partial charge in [0, 0.05) is 0 Å². The van der Waals surface area contributed by atoms with Gasteiger partial charge in [-0.3, -0.25) is 0 Å². The molecule has 0 saturated heterocycles. The van der Waals surface area contributed by atoms with Crippen molar-refractivity contribution >= 4 is 22.0 Å². The molecule has 0 aromatic heterocycles. The number of methoxy groups -OCH3 is 1. The van der Waals surface area contributed by atoms with Gasteiger partial charge in [-0.15, -0.1) is 0 Å². The molecule has 1 aromatic carbocycles. The minimum atomic E-state index is -3.12. The number of hydrogen-bond acceptors (Lipinski definition) is 1. The SMILES string of the molecule is CCC[CH2][Sn]([CH2]CCC)([CH2]CCC)[c]1c(F)ccc(OC)c1F. The number of unbranched alkanes of at least 4 members (excludes halogenated alkanes) is 3. The van der Waals surface area contributed by atoms with Gasteiger partial charge in [-0.05, 0) is 0 Å². The molecule has 0 aliphatic heterocycles. The van der Waals surface area contributed by atoms with Gasteiger partial charge < -0.3 is 0 Å². The van der Waals surface area contributed by atoms with Crippen LogP contribution in [0.15, 0.2) is 12.1 Å². The number of ether oxygens (including phenoxy) is 1. The van der Waals surface area contributed by atoms with Crippen LogP contribution in [0.3, 0.4) is 0 Å². The Morgan fingerprint density at radius 1 is 0.870 bits per heavy atom. The standard InChI is InChI=1S/C7H5F2O.3C4H9.Sn/c1-10-7-3-2-5(8)4-6(7)9;3*1-3-4-2;/h2-3H,1H3;3*1,3-4H2,2H3;. The first-order valence-electron chi connectivity index (χ1n) is 9.08. The van der Waals surface area contributed by atoms with E-state index in [1.165, 1.54) is 19.2 Å². The van der Waals surface area contributed by atoms with Crippen LogP contribution in [0.2, 0.25) is 13.3 Å². The second-order valence-electron chi connectivity index (χ2n) is 6.53. The first-order chi connectivity index (χ1) is 11.1. The molecular formula is C19H32F2OSn. The Morgan fingerprint density at radius 3 is 1.74 bits per heavy atom. The molecule has 0 bridgehead atoms. The molecular weight excluding hydrogens is 401 g/mol. The van der Waals surface area contributed by atoms with Crippen LogP contribution in [-0.4, -0.2) is 25.5 Å². The first kappa shape index (κ1) is 20.7. The van der Waals surface area contributed by atoms with E-state index >= 15 is 0 Å². The van der Waals surface area contributed by atoms with E-state index in [1.807, 2.05) is 0 Å². The third-order valence-electron chi connectivity index (χ3n) is 4.83.